The molecule has 0 aliphatic rings. The monoisotopic (exact) mass is 330 g/mol. The van der Waals surface area contributed by atoms with Gasteiger partial charge in [-0.25, -0.2) is 0 Å². The summed E-state index contributed by atoms with van der Waals surface area (Å²) in [4.78, 5) is 25.6. The van der Waals surface area contributed by atoms with Crippen molar-refractivity contribution in [2.75, 3.05) is 16.8 Å². The summed E-state index contributed by atoms with van der Waals surface area (Å²) in [7, 11) is 0. The van der Waals surface area contributed by atoms with Gasteiger partial charge in [0.15, 0.2) is 0 Å². The van der Waals surface area contributed by atoms with Gasteiger partial charge in [0, 0.05) is 23.3 Å². The summed E-state index contributed by atoms with van der Waals surface area (Å²) in [6.07, 6.45) is 0. The standard InChI is InChI=1S/C18H19ClN2O2/c1-12-4-8-16(9-5-12)20-18(23)11-21(14(3)22)17-10-15(19)7-6-13(17)2/h4-10H,11H2,1-3H3,(H,20,23). The third kappa shape index (κ3) is 4.57. The Morgan fingerprint density at radius 2 is 1.74 bits per heavy atom. The molecule has 0 fully saturated rings. The second-order valence-corrected chi connectivity index (χ2v) is 5.89. The van der Waals surface area contributed by atoms with Gasteiger partial charge >= 0.3 is 0 Å². The Morgan fingerprint density at radius 3 is 2.35 bits per heavy atom. The largest absolute Gasteiger partial charge is 0.325 e. The molecule has 0 bridgehead atoms. The Bertz CT molecular complexity index is 726. The van der Waals surface area contributed by atoms with Gasteiger partial charge in [-0.15, -0.1) is 0 Å². The van der Waals surface area contributed by atoms with Crippen molar-refractivity contribution >= 4 is 34.8 Å². The molecule has 0 saturated carbocycles. The van der Waals surface area contributed by atoms with Crippen LogP contribution in [0.1, 0.15) is 18.1 Å². The van der Waals surface area contributed by atoms with Gasteiger partial charge in [-0.1, -0.05) is 35.4 Å². The average Bonchev–Trinajstić information content (AvgIpc) is 2.49. The van der Waals surface area contributed by atoms with Crippen LogP contribution in [0.3, 0.4) is 0 Å². The molecule has 0 aliphatic heterocycles. The molecule has 23 heavy (non-hydrogen) atoms. The topological polar surface area (TPSA) is 49.4 Å². The number of hydrogen-bond donors (Lipinski definition) is 1. The van der Waals surface area contributed by atoms with Crippen molar-refractivity contribution in [3.8, 4) is 0 Å². The molecule has 2 amide bonds. The van der Waals surface area contributed by atoms with Crippen LogP contribution < -0.4 is 10.2 Å². The van der Waals surface area contributed by atoms with Crippen LogP contribution in [-0.4, -0.2) is 18.4 Å². The fourth-order valence-electron chi connectivity index (χ4n) is 2.22. The van der Waals surface area contributed by atoms with Crippen molar-refractivity contribution in [1.29, 1.82) is 0 Å². The minimum Gasteiger partial charge on any atom is -0.325 e. The van der Waals surface area contributed by atoms with E-state index in [2.05, 4.69) is 5.32 Å². The van der Waals surface area contributed by atoms with Gasteiger partial charge in [0.2, 0.25) is 11.8 Å². The lowest BCUT2D eigenvalue weighted by Crippen LogP contribution is -2.37. The molecule has 0 spiro atoms. The van der Waals surface area contributed by atoms with Gasteiger partial charge in [0.1, 0.15) is 6.54 Å². The molecule has 0 radical (unpaired) electrons. The second kappa shape index (κ2) is 7.29. The normalized spacial score (nSPS) is 10.3. The summed E-state index contributed by atoms with van der Waals surface area (Å²) in [5.41, 5.74) is 3.34. The first-order valence-electron chi connectivity index (χ1n) is 7.27. The molecule has 0 atom stereocenters. The van der Waals surface area contributed by atoms with E-state index in [9.17, 15) is 9.59 Å². The number of amides is 2. The number of anilines is 2. The molecule has 5 heteroatoms. The zero-order valence-corrected chi connectivity index (χ0v) is 14.1. The number of nitrogens with one attached hydrogen (secondary N) is 1. The molecule has 4 nitrogen and oxygen atoms in total. The first kappa shape index (κ1) is 17.0. The average molecular weight is 331 g/mol. The van der Waals surface area contributed by atoms with Crippen LogP contribution in [0.2, 0.25) is 5.02 Å². The lowest BCUT2D eigenvalue weighted by Gasteiger charge is -2.23. The summed E-state index contributed by atoms with van der Waals surface area (Å²) in [6, 6.07) is 12.8. The van der Waals surface area contributed by atoms with Crippen LogP contribution in [-0.2, 0) is 9.59 Å². The number of hydrogen-bond acceptors (Lipinski definition) is 2. The molecule has 2 aromatic rings. The quantitative estimate of drug-likeness (QED) is 0.922. The maximum absolute atomic E-state index is 12.2. The number of carbonyl (C=O) groups excluding carboxylic acids is 2. The Labute approximate surface area is 141 Å². The van der Waals surface area contributed by atoms with Crippen LogP contribution in [0.4, 0.5) is 11.4 Å². The van der Waals surface area contributed by atoms with Crippen molar-refractivity contribution < 1.29 is 9.59 Å². The predicted molar refractivity (Wildman–Crippen MR) is 94.0 cm³/mol. The van der Waals surface area contributed by atoms with Crippen molar-refractivity contribution in [3.63, 3.8) is 0 Å². The van der Waals surface area contributed by atoms with E-state index in [0.29, 0.717) is 16.4 Å². The Kier molecular flexibility index (Phi) is 5.40. The van der Waals surface area contributed by atoms with Gasteiger partial charge < -0.3 is 10.2 Å². The smallest absolute Gasteiger partial charge is 0.244 e. The van der Waals surface area contributed by atoms with Gasteiger partial charge in [0.25, 0.3) is 0 Å². The van der Waals surface area contributed by atoms with Crippen molar-refractivity contribution in [2.24, 2.45) is 0 Å². The predicted octanol–water partition coefficient (Wildman–Crippen LogP) is 3.95. The molecule has 2 aromatic carbocycles. The number of benzene rings is 2. The van der Waals surface area contributed by atoms with E-state index < -0.39 is 0 Å². The van der Waals surface area contributed by atoms with E-state index in [1.807, 2.05) is 44.2 Å². The molecule has 1 N–H and O–H groups in total. The Balaban J connectivity index is 2.16. The third-order valence-electron chi connectivity index (χ3n) is 3.48. The van der Waals surface area contributed by atoms with E-state index in [1.54, 1.807) is 12.1 Å². The maximum atomic E-state index is 12.2. The summed E-state index contributed by atoms with van der Waals surface area (Å²) >= 11 is 6.01. The molecule has 2 rings (SSSR count). The first-order chi connectivity index (χ1) is 10.9. The summed E-state index contributed by atoms with van der Waals surface area (Å²) in [5, 5.41) is 3.32. The molecular weight excluding hydrogens is 312 g/mol. The molecular formula is C18H19ClN2O2. The zero-order chi connectivity index (χ0) is 17.0. The summed E-state index contributed by atoms with van der Waals surface area (Å²) in [6.45, 7) is 5.22. The van der Waals surface area contributed by atoms with E-state index in [0.717, 1.165) is 11.1 Å². The highest BCUT2D eigenvalue weighted by atomic mass is 35.5. The van der Waals surface area contributed by atoms with E-state index >= 15 is 0 Å². The van der Waals surface area contributed by atoms with Gasteiger partial charge in [-0.2, -0.15) is 0 Å². The van der Waals surface area contributed by atoms with E-state index in [-0.39, 0.29) is 18.4 Å². The van der Waals surface area contributed by atoms with E-state index in [4.69, 9.17) is 11.6 Å². The van der Waals surface area contributed by atoms with Gasteiger partial charge in [-0.05, 0) is 43.7 Å². The van der Waals surface area contributed by atoms with Crippen LogP contribution in [0, 0.1) is 13.8 Å². The van der Waals surface area contributed by atoms with Crippen LogP contribution in [0.25, 0.3) is 0 Å². The minimum atomic E-state index is -0.261. The SMILES string of the molecule is CC(=O)N(CC(=O)Nc1ccc(C)cc1)c1cc(Cl)ccc1C. The fraction of sp³-hybridized carbons (Fsp3) is 0.222. The highest BCUT2D eigenvalue weighted by molar-refractivity contribution is 6.31. The lowest BCUT2D eigenvalue weighted by molar-refractivity contribution is -0.120. The number of halogens is 1. The van der Waals surface area contributed by atoms with Crippen LogP contribution >= 0.6 is 11.6 Å². The third-order valence-corrected chi connectivity index (χ3v) is 3.71. The van der Waals surface area contributed by atoms with E-state index in [1.165, 1.54) is 11.8 Å². The first-order valence-corrected chi connectivity index (χ1v) is 7.65. The Hall–Kier alpha value is -2.33. The van der Waals surface area contributed by atoms with Crippen molar-refractivity contribution in [3.05, 3.63) is 58.6 Å². The van der Waals surface area contributed by atoms with Gasteiger partial charge in [-0.3, -0.25) is 9.59 Å². The molecule has 0 unspecified atom stereocenters. The lowest BCUT2D eigenvalue weighted by atomic mass is 10.1. The highest BCUT2D eigenvalue weighted by Gasteiger charge is 2.18. The molecule has 0 saturated heterocycles. The van der Waals surface area contributed by atoms with Crippen molar-refractivity contribution in [1.82, 2.24) is 0 Å². The fourth-order valence-corrected chi connectivity index (χ4v) is 2.39. The molecule has 0 heterocycles. The number of nitrogens with zero attached hydrogens (tertiary/aromatic N) is 1. The van der Waals surface area contributed by atoms with Crippen LogP contribution in [0.5, 0.6) is 0 Å². The second-order valence-electron chi connectivity index (χ2n) is 5.45. The number of rotatable bonds is 4. The summed E-state index contributed by atoms with van der Waals surface area (Å²) in [5.74, 6) is -0.474. The number of carbonyl (C=O) groups is 2. The van der Waals surface area contributed by atoms with Gasteiger partial charge in [0.05, 0.1) is 0 Å². The molecule has 0 aliphatic carbocycles. The van der Waals surface area contributed by atoms with Crippen LogP contribution in [0.15, 0.2) is 42.5 Å². The maximum Gasteiger partial charge on any atom is 0.244 e. The minimum absolute atomic E-state index is 0.0651. The Morgan fingerprint density at radius 1 is 1.09 bits per heavy atom. The van der Waals surface area contributed by atoms with Crippen molar-refractivity contribution in [2.45, 2.75) is 20.8 Å². The number of aryl methyl sites for hydroxylation is 2. The highest BCUT2D eigenvalue weighted by Crippen LogP contribution is 2.24. The molecule has 0 aromatic heterocycles. The zero-order valence-electron chi connectivity index (χ0n) is 13.4. The summed E-state index contributed by atoms with van der Waals surface area (Å²) < 4.78 is 0. The molecule has 120 valence electrons.